The first-order valence-electron chi connectivity index (χ1n) is 15.1. The van der Waals surface area contributed by atoms with Crippen LogP contribution in [0.4, 0.5) is 4.79 Å². The number of esters is 1. The number of carbonyl (C=O) groups is 3. The number of amides is 2. The molecule has 240 valence electrons. The number of aromatic nitrogens is 3. The molecule has 2 N–H and O–H groups in total. The lowest BCUT2D eigenvalue weighted by atomic mass is 9.98. The van der Waals surface area contributed by atoms with Crippen LogP contribution in [0.1, 0.15) is 82.4 Å². The summed E-state index contributed by atoms with van der Waals surface area (Å²) in [5.74, 6) is 0.627. The third-order valence-corrected chi connectivity index (χ3v) is 8.53. The molecule has 11 nitrogen and oxygen atoms in total. The number of carbonyl (C=O) groups excluding carboxylic acids is 3. The molecule has 0 aliphatic carbocycles. The third-order valence-electron chi connectivity index (χ3n) is 7.33. The van der Waals surface area contributed by atoms with Crippen molar-refractivity contribution in [2.24, 2.45) is 4.99 Å². The van der Waals surface area contributed by atoms with E-state index in [1.54, 1.807) is 23.5 Å². The van der Waals surface area contributed by atoms with Crippen molar-refractivity contribution in [1.82, 2.24) is 25.4 Å². The molecular formula is C34H38N6O5S. The molecule has 0 saturated carbocycles. The third kappa shape index (κ3) is 7.51. The highest BCUT2D eigenvalue weighted by Crippen LogP contribution is 2.39. The summed E-state index contributed by atoms with van der Waals surface area (Å²) in [5, 5.41) is 15.2. The van der Waals surface area contributed by atoms with Gasteiger partial charge in [0, 0.05) is 34.7 Å². The van der Waals surface area contributed by atoms with Crippen LogP contribution < -0.4 is 10.6 Å². The summed E-state index contributed by atoms with van der Waals surface area (Å²) in [5.41, 5.74) is 4.24. The van der Waals surface area contributed by atoms with Gasteiger partial charge in [-0.2, -0.15) is 0 Å². The Labute approximate surface area is 272 Å². The van der Waals surface area contributed by atoms with Crippen LogP contribution in [0.15, 0.2) is 59.6 Å². The van der Waals surface area contributed by atoms with E-state index >= 15 is 0 Å². The van der Waals surface area contributed by atoms with E-state index in [9.17, 15) is 14.4 Å². The highest BCUT2D eigenvalue weighted by Gasteiger charge is 2.33. The maximum Gasteiger partial charge on any atom is 0.407 e. The second-order valence-electron chi connectivity index (χ2n) is 12.0. The van der Waals surface area contributed by atoms with Gasteiger partial charge in [0.1, 0.15) is 29.1 Å². The minimum absolute atomic E-state index is 0.000196. The molecule has 4 aromatic rings. The summed E-state index contributed by atoms with van der Waals surface area (Å²) in [4.78, 5) is 44.1. The van der Waals surface area contributed by atoms with Gasteiger partial charge in [-0.05, 0) is 64.8 Å². The highest BCUT2D eigenvalue weighted by atomic mass is 32.1. The minimum atomic E-state index is -0.637. The molecule has 0 bridgehead atoms. The average Bonchev–Trinajstić information content (AvgIpc) is 3.49. The van der Waals surface area contributed by atoms with Crippen LogP contribution >= 0.6 is 11.3 Å². The molecular weight excluding hydrogens is 604 g/mol. The average molecular weight is 643 g/mol. The zero-order valence-electron chi connectivity index (χ0n) is 26.8. The number of ether oxygens (including phenoxy) is 2. The van der Waals surface area contributed by atoms with Crippen LogP contribution in [0.2, 0.25) is 0 Å². The van der Waals surface area contributed by atoms with E-state index in [4.69, 9.17) is 14.5 Å². The molecule has 1 atom stereocenters. The summed E-state index contributed by atoms with van der Waals surface area (Å²) in [6.07, 6.45) is -0.553. The van der Waals surface area contributed by atoms with Gasteiger partial charge in [-0.15, -0.1) is 21.5 Å². The van der Waals surface area contributed by atoms with E-state index in [1.807, 2.05) is 74.7 Å². The van der Waals surface area contributed by atoms with Crippen LogP contribution in [-0.4, -0.2) is 57.1 Å². The maximum atomic E-state index is 13.0. The molecule has 0 saturated heterocycles. The number of fused-ring (bicyclic) bond motifs is 3. The first-order valence-corrected chi connectivity index (χ1v) is 15.9. The Bertz CT molecular complexity index is 1770. The smallest absolute Gasteiger partial charge is 0.407 e. The van der Waals surface area contributed by atoms with Gasteiger partial charge in [-0.3, -0.25) is 19.1 Å². The number of nitrogens with one attached hydrogen (secondary N) is 2. The quantitative estimate of drug-likeness (QED) is 0.181. The van der Waals surface area contributed by atoms with Gasteiger partial charge in [0.05, 0.1) is 12.1 Å². The molecule has 12 heteroatoms. The fourth-order valence-corrected chi connectivity index (χ4v) is 6.28. The van der Waals surface area contributed by atoms with E-state index in [0.717, 1.165) is 32.1 Å². The number of alkyl carbamates (subject to hydrolysis) is 1. The van der Waals surface area contributed by atoms with Crippen LogP contribution in [0.5, 0.6) is 0 Å². The summed E-state index contributed by atoms with van der Waals surface area (Å²) >= 11 is 1.63. The van der Waals surface area contributed by atoms with Gasteiger partial charge in [0.2, 0.25) is 0 Å². The molecule has 3 heterocycles. The summed E-state index contributed by atoms with van der Waals surface area (Å²) in [7, 11) is 0. The van der Waals surface area contributed by atoms with Crippen molar-refractivity contribution in [3.05, 3.63) is 98.9 Å². The molecule has 46 heavy (non-hydrogen) atoms. The fraction of sp³-hybridized carbons (Fsp3) is 0.353. The minimum Gasteiger partial charge on any atom is -0.460 e. The Morgan fingerprint density at radius 2 is 1.63 bits per heavy atom. The predicted octanol–water partition coefficient (Wildman–Crippen LogP) is 5.53. The van der Waals surface area contributed by atoms with E-state index < -0.39 is 17.7 Å². The number of rotatable bonds is 9. The van der Waals surface area contributed by atoms with Crippen molar-refractivity contribution >= 4 is 35.0 Å². The Kier molecular flexibility index (Phi) is 9.66. The van der Waals surface area contributed by atoms with Gasteiger partial charge in [0.25, 0.3) is 5.91 Å². The lowest BCUT2D eigenvalue weighted by Crippen LogP contribution is -2.34. The molecule has 2 aromatic heterocycles. The highest BCUT2D eigenvalue weighted by molar-refractivity contribution is 7.15. The Hall–Kier alpha value is -4.84. The number of benzene rings is 2. The van der Waals surface area contributed by atoms with E-state index in [0.29, 0.717) is 22.9 Å². The Balaban J connectivity index is 1.31. The van der Waals surface area contributed by atoms with Crippen LogP contribution in [0.3, 0.4) is 0 Å². The van der Waals surface area contributed by atoms with Gasteiger partial charge in [0.15, 0.2) is 5.82 Å². The second kappa shape index (κ2) is 13.7. The van der Waals surface area contributed by atoms with Crippen molar-refractivity contribution in [1.29, 1.82) is 0 Å². The van der Waals surface area contributed by atoms with Gasteiger partial charge >= 0.3 is 12.1 Å². The molecule has 0 unspecified atom stereocenters. The Morgan fingerprint density at radius 3 is 2.33 bits per heavy atom. The number of hydrogen-bond acceptors (Lipinski definition) is 9. The largest absolute Gasteiger partial charge is 0.460 e. The van der Waals surface area contributed by atoms with E-state index in [2.05, 4.69) is 34.7 Å². The van der Waals surface area contributed by atoms with Crippen LogP contribution in [0, 0.1) is 20.8 Å². The second-order valence-corrected chi connectivity index (χ2v) is 13.2. The SMILES string of the molecule is Cc1sc2c(c1C)C(c1ccc(C(=O)NCCNC(=O)OCc3ccccc3)cc1)=N[C@@H](CC(=O)OC(C)(C)C)c1nnc(C)n1-2. The normalized spacial score (nSPS) is 14.0. The predicted molar refractivity (Wildman–Crippen MR) is 176 cm³/mol. The number of aryl methyl sites for hydroxylation is 2. The van der Waals surface area contributed by atoms with Crippen molar-refractivity contribution in [3.63, 3.8) is 0 Å². The van der Waals surface area contributed by atoms with Crippen LogP contribution in [-0.2, 0) is 20.9 Å². The zero-order chi connectivity index (χ0) is 33.0. The van der Waals surface area contributed by atoms with E-state index in [-0.39, 0.29) is 38.0 Å². The number of nitrogens with zero attached hydrogens (tertiary/aromatic N) is 4. The number of aliphatic imine (C=N–C) groups is 1. The topological polar surface area (TPSA) is 137 Å². The number of thiophene rings is 1. The van der Waals surface area contributed by atoms with Crippen LogP contribution in [0.25, 0.3) is 5.00 Å². The summed E-state index contributed by atoms with van der Waals surface area (Å²) < 4.78 is 12.8. The lowest BCUT2D eigenvalue weighted by molar-refractivity contribution is -0.155. The van der Waals surface area contributed by atoms with Crippen molar-refractivity contribution in [3.8, 4) is 5.00 Å². The van der Waals surface area contributed by atoms with Crippen molar-refractivity contribution in [2.45, 2.75) is 66.2 Å². The first-order chi connectivity index (χ1) is 21.9. The molecule has 0 radical (unpaired) electrons. The molecule has 0 spiro atoms. The first kappa shape index (κ1) is 32.6. The van der Waals surface area contributed by atoms with Crippen molar-refractivity contribution < 1.29 is 23.9 Å². The monoisotopic (exact) mass is 642 g/mol. The van der Waals surface area contributed by atoms with Gasteiger partial charge in [-0.25, -0.2) is 4.79 Å². The Morgan fingerprint density at radius 1 is 0.935 bits per heavy atom. The fourth-order valence-electron chi connectivity index (χ4n) is 5.06. The molecule has 0 fully saturated rings. The van der Waals surface area contributed by atoms with Crippen molar-refractivity contribution in [2.75, 3.05) is 13.1 Å². The standard InChI is InChI=1S/C34H38N6O5S/c1-20-21(2)46-32-28(20)29(37-26(18-27(41)45-34(4,5)6)30-39-38-22(3)40(30)32)24-12-14-25(15-13-24)31(42)35-16-17-36-33(43)44-19-23-10-8-7-9-11-23/h7-15,26H,16-19H2,1-6H3,(H,35,42)(H,36,43)/t26-/m0/s1. The maximum absolute atomic E-state index is 13.0. The van der Waals surface area contributed by atoms with Gasteiger partial charge < -0.3 is 20.1 Å². The molecule has 1 aliphatic rings. The van der Waals surface area contributed by atoms with Gasteiger partial charge in [-0.1, -0.05) is 42.5 Å². The molecule has 2 amide bonds. The van der Waals surface area contributed by atoms with E-state index in [1.165, 1.54) is 0 Å². The molecule has 2 aromatic carbocycles. The molecule has 5 rings (SSSR count). The summed E-state index contributed by atoms with van der Waals surface area (Å²) in [6, 6.07) is 16.0. The lowest BCUT2D eigenvalue weighted by Gasteiger charge is -2.21. The zero-order valence-corrected chi connectivity index (χ0v) is 27.7. The molecule has 1 aliphatic heterocycles. The summed E-state index contributed by atoms with van der Waals surface area (Å²) in [6.45, 7) is 12.1. The number of hydrogen-bond donors (Lipinski definition) is 2.